The zero-order chi connectivity index (χ0) is 27.2. The van der Waals surface area contributed by atoms with Gasteiger partial charge in [-0.05, 0) is 58.8 Å². The molecule has 1 N–H and O–H groups in total. The van der Waals surface area contributed by atoms with Crippen LogP contribution in [0.1, 0.15) is 16.9 Å². The molecule has 0 aliphatic carbocycles. The number of carbonyl (C=O) groups excluding carboxylic acids is 1. The van der Waals surface area contributed by atoms with Crippen LogP contribution in [0.2, 0.25) is 0 Å². The maximum atomic E-state index is 13.4. The molecule has 0 radical (unpaired) electrons. The first kappa shape index (κ1) is 25.9. The van der Waals surface area contributed by atoms with Gasteiger partial charge in [0.25, 0.3) is 5.91 Å². The number of benzene rings is 3. The van der Waals surface area contributed by atoms with E-state index in [0.717, 1.165) is 16.7 Å². The number of ether oxygens (including phenoxy) is 2. The van der Waals surface area contributed by atoms with Gasteiger partial charge in [-0.1, -0.05) is 54.6 Å². The number of amides is 1. The number of nitrogens with zero attached hydrogens (tertiary/aromatic N) is 3. The Morgan fingerprint density at radius 3 is 2.26 bits per heavy atom. The molecule has 0 saturated carbocycles. The summed E-state index contributed by atoms with van der Waals surface area (Å²) in [5, 5.41) is 19.1. The van der Waals surface area contributed by atoms with Gasteiger partial charge in [-0.2, -0.15) is 5.10 Å². The highest BCUT2D eigenvalue weighted by atomic mass is 32.2. The van der Waals surface area contributed by atoms with E-state index in [0.29, 0.717) is 21.4 Å². The third kappa shape index (κ3) is 5.89. The number of amidine groups is 1. The normalized spacial score (nSPS) is 15.5. The number of aromatic hydroxyl groups is 1. The molecular weight excluding hydrogens is 514 g/mol. The van der Waals surface area contributed by atoms with E-state index in [1.807, 2.05) is 48.5 Å². The number of phenolic OH excluding ortho intramolecular Hbond substituents is 1. The number of phenols is 1. The molecule has 5 rings (SSSR count). The van der Waals surface area contributed by atoms with E-state index >= 15 is 0 Å². The lowest BCUT2D eigenvalue weighted by molar-refractivity contribution is -0.122. The second-order valence-corrected chi connectivity index (χ2v) is 9.48. The largest absolute Gasteiger partial charge is 0.502 e. The molecule has 1 aromatic heterocycles. The van der Waals surface area contributed by atoms with E-state index in [4.69, 9.17) is 13.9 Å². The standard InChI is InChI=1S/C30H25N3O5S/c1-36-25-15-21(16-26(37-2)28(25)34)18-31-32-30-33(19-24-9-6-14-38-24)29(35)27(39-30)17-20-10-12-23(13-11-20)22-7-4-3-5-8-22/h3-18,34H,19H2,1-2H3/b27-17-,31-18-,32-30+. The molecule has 0 spiro atoms. The van der Waals surface area contributed by atoms with Crippen molar-refractivity contribution in [2.45, 2.75) is 6.54 Å². The van der Waals surface area contributed by atoms with Crippen molar-refractivity contribution in [2.75, 3.05) is 14.2 Å². The van der Waals surface area contributed by atoms with Gasteiger partial charge in [0.15, 0.2) is 16.7 Å². The van der Waals surface area contributed by atoms with Crippen molar-refractivity contribution in [3.8, 4) is 28.4 Å². The van der Waals surface area contributed by atoms with Crippen LogP contribution < -0.4 is 9.47 Å². The van der Waals surface area contributed by atoms with Crippen LogP contribution in [0.5, 0.6) is 17.2 Å². The minimum Gasteiger partial charge on any atom is -0.502 e. The highest BCUT2D eigenvalue weighted by molar-refractivity contribution is 8.18. The minimum absolute atomic E-state index is 0.100. The summed E-state index contributed by atoms with van der Waals surface area (Å²) in [5.74, 6) is 0.831. The molecule has 3 aromatic carbocycles. The van der Waals surface area contributed by atoms with Crippen LogP contribution in [0.3, 0.4) is 0 Å². The number of carbonyl (C=O) groups is 1. The third-order valence-electron chi connectivity index (χ3n) is 5.95. The molecular formula is C30H25N3O5S. The topological polar surface area (TPSA) is 96.9 Å². The molecule has 0 atom stereocenters. The van der Waals surface area contributed by atoms with Crippen molar-refractivity contribution in [2.24, 2.45) is 10.2 Å². The van der Waals surface area contributed by atoms with Crippen LogP contribution in [0, 0.1) is 0 Å². The Labute approximate surface area is 229 Å². The number of rotatable bonds is 8. The molecule has 1 aliphatic rings. The van der Waals surface area contributed by atoms with Crippen molar-refractivity contribution in [1.29, 1.82) is 0 Å². The number of hydrogen-bond acceptors (Lipinski definition) is 8. The molecule has 8 nitrogen and oxygen atoms in total. The number of methoxy groups -OCH3 is 2. The zero-order valence-corrected chi connectivity index (χ0v) is 22.1. The molecule has 196 valence electrons. The Balaban J connectivity index is 1.41. The number of hydrogen-bond donors (Lipinski definition) is 1. The summed E-state index contributed by atoms with van der Waals surface area (Å²) in [4.78, 5) is 15.4. The maximum Gasteiger partial charge on any atom is 0.267 e. The molecule has 4 aromatic rings. The van der Waals surface area contributed by atoms with Crippen molar-refractivity contribution >= 4 is 35.1 Å². The minimum atomic E-state index is -0.189. The summed E-state index contributed by atoms with van der Waals surface area (Å²) in [5.41, 5.74) is 3.73. The van der Waals surface area contributed by atoms with Gasteiger partial charge >= 0.3 is 0 Å². The van der Waals surface area contributed by atoms with Crippen LogP contribution in [0.4, 0.5) is 0 Å². The lowest BCUT2D eigenvalue weighted by Gasteiger charge is -2.12. The second kappa shape index (κ2) is 11.7. The Kier molecular flexibility index (Phi) is 7.79. The lowest BCUT2D eigenvalue weighted by atomic mass is 10.0. The first-order valence-corrected chi connectivity index (χ1v) is 12.8. The molecule has 0 unspecified atom stereocenters. The van der Waals surface area contributed by atoms with Gasteiger partial charge < -0.3 is 19.0 Å². The molecule has 1 aliphatic heterocycles. The molecule has 0 bridgehead atoms. The molecule has 1 saturated heterocycles. The van der Waals surface area contributed by atoms with E-state index in [9.17, 15) is 9.90 Å². The average Bonchev–Trinajstić information content (AvgIpc) is 3.59. The lowest BCUT2D eigenvalue weighted by Crippen LogP contribution is -2.28. The first-order chi connectivity index (χ1) is 19.1. The molecule has 9 heteroatoms. The predicted molar refractivity (Wildman–Crippen MR) is 153 cm³/mol. The second-order valence-electron chi connectivity index (χ2n) is 8.47. The quantitative estimate of drug-likeness (QED) is 0.163. The van der Waals surface area contributed by atoms with Crippen molar-refractivity contribution in [1.82, 2.24) is 4.90 Å². The number of thioether (sulfide) groups is 1. The smallest absolute Gasteiger partial charge is 0.267 e. The average molecular weight is 540 g/mol. The fraction of sp³-hybridized carbons (Fsp3) is 0.100. The van der Waals surface area contributed by atoms with Gasteiger partial charge in [0.05, 0.1) is 38.1 Å². The summed E-state index contributed by atoms with van der Waals surface area (Å²) < 4.78 is 15.9. The predicted octanol–water partition coefficient (Wildman–Crippen LogP) is 6.18. The maximum absolute atomic E-state index is 13.4. The van der Waals surface area contributed by atoms with Crippen LogP contribution in [-0.4, -0.2) is 41.5 Å². The summed E-state index contributed by atoms with van der Waals surface area (Å²) in [6.07, 6.45) is 4.91. The highest BCUT2D eigenvalue weighted by Crippen LogP contribution is 2.37. The Hall–Kier alpha value is -4.76. The van der Waals surface area contributed by atoms with E-state index < -0.39 is 0 Å². The summed E-state index contributed by atoms with van der Waals surface area (Å²) >= 11 is 1.24. The molecule has 1 fully saturated rings. The van der Waals surface area contributed by atoms with Gasteiger partial charge in [-0.3, -0.25) is 9.69 Å². The van der Waals surface area contributed by atoms with E-state index in [-0.39, 0.29) is 29.7 Å². The van der Waals surface area contributed by atoms with Crippen LogP contribution >= 0.6 is 11.8 Å². The zero-order valence-electron chi connectivity index (χ0n) is 21.3. The fourth-order valence-corrected chi connectivity index (χ4v) is 4.90. The Bertz CT molecular complexity index is 1520. The first-order valence-electron chi connectivity index (χ1n) is 12.0. The third-order valence-corrected chi connectivity index (χ3v) is 6.95. The van der Waals surface area contributed by atoms with Crippen LogP contribution in [0.25, 0.3) is 17.2 Å². The van der Waals surface area contributed by atoms with Gasteiger partial charge in [-0.15, -0.1) is 5.10 Å². The summed E-state index contributed by atoms with van der Waals surface area (Å²) in [6.45, 7) is 0.221. The molecule has 2 heterocycles. The van der Waals surface area contributed by atoms with Crippen molar-refractivity contribution in [3.63, 3.8) is 0 Å². The van der Waals surface area contributed by atoms with Crippen LogP contribution in [-0.2, 0) is 11.3 Å². The van der Waals surface area contributed by atoms with Gasteiger partial charge in [0.2, 0.25) is 5.75 Å². The summed E-state index contributed by atoms with van der Waals surface area (Å²) in [7, 11) is 2.90. The monoisotopic (exact) mass is 539 g/mol. The Morgan fingerprint density at radius 2 is 1.62 bits per heavy atom. The number of furan rings is 1. The van der Waals surface area contributed by atoms with E-state index in [1.54, 1.807) is 30.5 Å². The SMILES string of the molecule is COc1cc(/C=N\N=C2\S/C(=C\c3ccc(-c4ccccc4)cc3)C(=O)N2Cc2ccco2)cc(OC)c1O. The van der Waals surface area contributed by atoms with Gasteiger partial charge in [-0.25, -0.2) is 0 Å². The van der Waals surface area contributed by atoms with Crippen molar-refractivity contribution in [3.05, 3.63) is 107 Å². The van der Waals surface area contributed by atoms with E-state index in [2.05, 4.69) is 22.3 Å². The fourth-order valence-electron chi connectivity index (χ4n) is 3.97. The van der Waals surface area contributed by atoms with Crippen LogP contribution in [0.15, 0.2) is 105 Å². The highest BCUT2D eigenvalue weighted by Gasteiger charge is 2.34. The van der Waals surface area contributed by atoms with Crippen molar-refractivity contribution < 1.29 is 23.8 Å². The van der Waals surface area contributed by atoms with Gasteiger partial charge in [0, 0.05) is 5.56 Å². The van der Waals surface area contributed by atoms with E-state index in [1.165, 1.54) is 37.1 Å². The molecule has 39 heavy (non-hydrogen) atoms. The molecule has 1 amide bonds. The van der Waals surface area contributed by atoms with Gasteiger partial charge in [0.1, 0.15) is 5.76 Å². The summed E-state index contributed by atoms with van der Waals surface area (Å²) in [6, 6.07) is 25.0. The Morgan fingerprint density at radius 1 is 0.923 bits per heavy atom.